The summed E-state index contributed by atoms with van der Waals surface area (Å²) in [4.78, 5) is 56.4. The van der Waals surface area contributed by atoms with E-state index in [9.17, 15) is 19.2 Å². The first-order valence-corrected chi connectivity index (χ1v) is 11.7. The van der Waals surface area contributed by atoms with Crippen molar-refractivity contribution in [2.75, 3.05) is 0 Å². The highest BCUT2D eigenvalue weighted by molar-refractivity contribution is 6.35. The van der Waals surface area contributed by atoms with Gasteiger partial charge in [0.25, 0.3) is 0 Å². The summed E-state index contributed by atoms with van der Waals surface area (Å²) in [5.74, 6) is -3.76. The van der Waals surface area contributed by atoms with Gasteiger partial charge in [0.05, 0.1) is 17.9 Å². The summed E-state index contributed by atoms with van der Waals surface area (Å²) in [6, 6.07) is 13.9. The van der Waals surface area contributed by atoms with Crippen LogP contribution in [0.2, 0.25) is 0 Å². The van der Waals surface area contributed by atoms with Crippen LogP contribution in [0.4, 0.5) is 0 Å². The number of hydrogen-bond acceptors (Lipinski definition) is 5. The van der Waals surface area contributed by atoms with Crippen molar-refractivity contribution in [1.82, 2.24) is 4.90 Å². The number of benzene rings is 2. The van der Waals surface area contributed by atoms with Gasteiger partial charge in [0.1, 0.15) is 0 Å². The van der Waals surface area contributed by atoms with Crippen LogP contribution in [0.1, 0.15) is 70.1 Å². The molecule has 2 aromatic rings. The van der Waals surface area contributed by atoms with Crippen LogP contribution in [0, 0.1) is 18.8 Å². The van der Waals surface area contributed by atoms with Crippen LogP contribution in [0.25, 0.3) is 0 Å². The number of carbonyl (C=O) groups excluding carboxylic acids is 4. The number of amides is 2. The minimum absolute atomic E-state index is 0.172. The van der Waals surface area contributed by atoms with Crippen LogP contribution in [-0.2, 0) is 14.3 Å². The summed E-state index contributed by atoms with van der Waals surface area (Å²) in [6.45, 7) is 1.96. The number of imide groups is 1. The van der Waals surface area contributed by atoms with Gasteiger partial charge in [0.15, 0.2) is 0 Å². The van der Waals surface area contributed by atoms with E-state index in [0.717, 1.165) is 37.7 Å². The van der Waals surface area contributed by atoms with Gasteiger partial charge in [-0.2, -0.15) is 0 Å². The Balaban J connectivity index is 1.50. The van der Waals surface area contributed by atoms with Gasteiger partial charge >= 0.3 is 0 Å². The Labute approximate surface area is 191 Å². The molecule has 0 unspecified atom stereocenters. The molecule has 0 bridgehead atoms. The highest BCUT2D eigenvalue weighted by atomic mass is 16.5. The maximum Gasteiger partial charge on any atom is 0.237 e. The fourth-order valence-corrected chi connectivity index (χ4v) is 6.30. The average Bonchev–Trinajstić information content (AvgIpc) is 3.40. The zero-order chi connectivity index (χ0) is 22.9. The number of hydrogen-bond donors (Lipinski definition) is 0. The molecular weight excluding hydrogens is 418 g/mol. The Kier molecular flexibility index (Phi) is 4.46. The lowest BCUT2D eigenvalue weighted by Crippen LogP contribution is -2.52. The molecule has 168 valence electrons. The second-order valence-corrected chi connectivity index (χ2v) is 9.73. The number of nitrogens with zero attached hydrogens (tertiary/aromatic N) is 1. The molecule has 33 heavy (non-hydrogen) atoms. The lowest BCUT2D eigenvalue weighted by atomic mass is 9.77. The molecule has 2 aliphatic heterocycles. The topological polar surface area (TPSA) is 80.8 Å². The van der Waals surface area contributed by atoms with Crippen molar-refractivity contribution in [2.45, 2.75) is 56.8 Å². The van der Waals surface area contributed by atoms with Gasteiger partial charge < -0.3 is 4.74 Å². The van der Waals surface area contributed by atoms with Crippen LogP contribution >= 0.6 is 0 Å². The third kappa shape index (κ3) is 2.64. The molecule has 0 radical (unpaired) electrons. The van der Waals surface area contributed by atoms with Crippen molar-refractivity contribution in [2.24, 2.45) is 11.8 Å². The number of rotatable bonds is 2. The minimum Gasteiger partial charge on any atom is -0.349 e. The van der Waals surface area contributed by atoms with Crippen molar-refractivity contribution < 1.29 is 23.9 Å². The van der Waals surface area contributed by atoms with Crippen molar-refractivity contribution in [3.05, 3.63) is 70.8 Å². The number of Topliss-reactive ketones (excluding diaryl/α,β-unsaturated/α-hetero) is 2. The lowest BCUT2D eigenvalue weighted by Gasteiger charge is -2.33. The molecule has 2 aromatic carbocycles. The Morgan fingerprint density at radius 3 is 2.03 bits per heavy atom. The summed E-state index contributed by atoms with van der Waals surface area (Å²) in [5.41, 5.74) is 0.307. The maximum atomic E-state index is 13.9. The second kappa shape index (κ2) is 7.19. The monoisotopic (exact) mass is 443 g/mol. The quantitative estimate of drug-likeness (QED) is 0.521. The normalized spacial score (nSPS) is 28.6. The van der Waals surface area contributed by atoms with Gasteiger partial charge in [-0.1, -0.05) is 73.4 Å². The molecule has 4 aliphatic rings. The molecule has 3 fully saturated rings. The van der Waals surface area contributed by atoms with Gasteiger partial charge in [-0.3, -0.25) is 24.1 Å². The first-order valence-electron chi connectivity index (χ1n) is 11.7. The smallest absolute Gasteiger partial charge is 0.237 e. The molecule has 2 amide bonds. The first kappa shape index (κ1) is 20.5. The van der Waals surface area contributed by atoms with Crippen LogP contribution < -0.4 is 0 Å². The number of fused-ring (bicyclic) bond motifs is 3. The average molecular weight is 443 g/mol. The maximum absolute atomic E-state index is 13.9. The fraction of sp³-hybridized carbons (Fsp3) is 0.407. The van der Waals surface area contributed by atoms with Crippen LogP contribution in [-0.4, -0.2) is 39.9 Å². The molecular formula is C27H25NO5. The highest BCUT2D eigenvalue weighted by Gasteiger charge is 2.75. The number of carbonyl (C=O) groups is 4. The molecule has 1 spiro atoms. The van der Waals surface area contributed by atoms with E-state index < -0.39 is 41.0 Å². The van der Waals surface area contributed by atoms with Gasteiger partial charge in [-0.15, -0.1) is 0 Å². The van der Waals surface area contributed by atoms with Crippen molar-refractivity contribution >= 4 is 23.4 Å². The number of ether oxygens (including phenoxy) is 1. The van der Waals surface area contributed by atoms with Crippen molar-refractivity contribution in [3.8, 4) is 0 Å². The van der Waals surface area contributed by atoms with E-state index in [1.165, 1.54) is 4.90 Å². The van der Waals surface area contributed by atoms with E-state index in [-0.39, 0.29) is 23.1 Å². The Hall–Kier alpha value is -3.12. The summed E-state index contributed by atoms with van der Waals surface area (Å²) in [7, 11) is 0. The fourth-order valence-electron chi connectivity index (χ4n) is 6.30. The third-order valence-corrected chi connectivity index (χ3v) is 7.90. The van der Waals surface area contributed by atoms with E-state index in [4.69, 9.17) is 4.74 Å². The molecule has 3 atom stereocenters. The lowest BCUT2D eigenvalue weighted by molar-refractivity contribution is -0.148. The highest BCUT2D eigenvalue weighted by Crippen LogP contribution is 2.57. The summed E-state index contributed by atoms with van der Waals surface area (Å²) >= 11 is 0. The summed E-state index contributed by atoms with van der Waals surface area (Å²) in [5, 5.41) is 0. The van der Waals surface area contributed by atoms with Crippen molar-refractivity contribution in [3.63, 3.8) is 0 Å². The Morgan fingerprint density at radius 1 is 0.818 bits per heavy atom. The predicted octanol–water partition coefficient (Wildman–Crippen LogP) is 3.82. The van der Waals surface area contributed by atoms with Crippen LogP contribution in [0.15, 0.2) is 48.5 Å². The van der Waals surface area contributed by atoms with Gasteiger partial charge in [-0.05, 0) is 25.3 Å². The molecule has 2 saturated heterocycles. The zero-order valence-corrected chi connectivity index (χ0v) is 18.5. The van der Waals surface area contributed by atoms with Gasteiger partial charge in [0, 0.05) is 17.2 Å². The summed E-state index contributed by atoms with van der Waals surface area (Å²) in [6.07, 6.45) is 3.71. The van der Waals surface area contributed by atoms with E-state index >= 15 is 0 Å². The number of aryl methyl sites for hydroxylation is 1. The molecule has 6 heteroatoms. The zero-order valence-electron chi connectivity index (χ0n) is 18.5. The van der Waals surface area contributed by atoms with Crippen LogP contribution in [0.3, 0.4) is 0 Å². The Bertz CT molecular complexity index is 1160. The number of likely N-dealkylation sites (tertiary alicyclic amines) is 1. The van der Waals surface area contributed by atoms with Gasteiger partial charge in [-0.25, -0.2) is 0 Å². The molecule has 0 N–H and O–H groups in total. The molecule has 2 aliphatic carbocycles. The van der Waals surface area contributed by atoms with Gasteiger partial charge in [0.2, 0.25) is 29.0 Å². The minimum atomic E-state index is -1.97. The van der Waals surface area contributed by atoms with Crippen LogP contribution in [0.5, 0.6) is 0 Å². The molecule has 0 aromatic heterocycles. The SMILES string of the molecule is Cc1ccc([C@@H]2OC3(C(=O)c4ccccc4C3=O)[C@H]3C(=O)N(C4CCCCC4)C(=O)[C@@H]23)cc1. The standard InChI is InChI=1S/C27H25NO5/c1-15-11-13-16(14-12-15)22-20-21(26(32)28(25(20)31)17-7-3-2-4-8-17)27(33-22)23(29)18-9-5-6-10-19(18)24(27)30/h5-6,9-14,17,20-22H,2-4,7-8H2,1H3/t20-,21-,22+/m1/s1. The number of ketones is 2. The summed E-state index contributed by atoms with van der Waals surface area (Å²) < 4.78 is 6.32. The molecule has 1 saturated carbocycles. The third-order valence-electron chi connectivity index (χ3n) is 7.90. The first-order chi connectivity index (χ1) is 15.9. The van der Waals surface area contributed by atoms with Crippen molar-refractivity contribution in [1.29, 1.82) is 0 Å². The molecule has 2 heterocycles. The van der Waals surface area contributed by atoms with E-state index in [0.29, 0.717) is 5.56 Å². The predicted molar refractivity (Wildman–Crippen MR) is 119 cm³/mol. The second-order valence-electron chi connectivity index (χ2n) is 9.73. The largest absolute Gasteiger partial charge is 0.349 e. The van der Waals surface area contributed by atoms with E-state index in [2.05, 4.69) is 0 Å². The Morgan fingerprint density at radius 2 is 1.42 bits per heavy atom. The van der Waals surface area contributed by atoms with E-state index in [1.54, 1.807) is 24.3 Å². The molecule has 6 rings (SSSR count). The molecule has 6 nitrogen and oxygen atoms in total. The van der Waals surface area contributed by atoms with E-state index in [1.807, 2.05) is 31.2 Å².